The number of hydrogen-bond donors (Lipinski definition) is 3. The number of hydrogen-bond acceptors (Lipinski definition) is 1. The lowest BCUT2D eigenvalue weighted by Gasteiger charge is -2.59. The van der Waals surface area contributed by atoms with Crippen LogP contribution in [0.25, 0.3) is 0 Å². The summed E-state index contributed by atoms with van der Waals surface area (Å²) < 4.78 is 0. The van der Waals surface area contributed by atoms with E-state index in [1.54, 1.807) is 0 Å². The first-order valence-electron chi connectivity index (χ1n) is 10.7. The molecule has 24 heavy (non-hydrogen) atoms. The molecule has 0 heterocycles. The van der Waals surface area contributed by atoms with E-state index < -0.39 is 0 Å². The molecule has 0 amide bonds. The van der Waals surface area contributed by atoms with E-state index in [1.807, 2.05) is 0 Å². The van der Waals surface area contributed by atoms with Crippen LogP contribution < -0.4 is 10.6 Å². The fourth-order valence-corrected chi connectivity index (χ4v) is 9.09. The molecule has 3 nitrogen and oxygen atoms in total. The van der Waals surface area contributed by atoms with E-state index >= 15 is 0 Å². The monoisotopic (exact) mass is 327 g/mol. The highest BCUT2D eigenvalue weighted by Gasteiger charge is 2.53. The maximum atomic E-state index is 8.74. The van der Waals surface area contributed by atoms with Crippen LogP contribution in [0.4, 0.5) is 0 Å². The lowest BCUT2D eigenvalue weighted by molar-refractivity contribution is -0.0185. The predicted molar refractivity (Wildman–Crippen MR) is 95.8 cm³/mol. The zero-order chi connectivity index (χ0) is 15.9. The molecular formula is C21H33N3. The molecule has 3 N–H and O–H groups in total. The zero-order valence-electron chi connectivity index (χ0n) is 14.9. The van der Waals surface area contributed by atoms with E-state index in [4.69, 9.17) is 5.41 Å². The first-order valence-corrected chi connectivity index (χ1v) is 10.7. The Hall–Kier alpha value is -0.730. The molecular weight excluding hydrogens is 294 g/mol. The van der Waals surface area contributed by atoms with Crippen molar-refractivity contribution >= 4 is 5.96 Å². The Morgan fingerprint density at radius 1 is 0.542 bits per heavy atom. The van der Waals surface area contributed by atoms with Gasteiger partial charge in [0, 0.05) is 11.1 Å². The number of nitrogens with one attached hydrogen (secondary N) is 3. The first-order chi connectivity index (χ1) is 11.6. The largest absolute Gasteiger partial charge is 0.351 e. The molecule has 0 aliphatic heterocycles. The molecule has 0 aromatic carbocycles. The van der Waals surface area contributed by atoms with Gasteiger partial charge in [0.15, 0.2) is 5.96 Å². The predicted octanol–water partition coefficient (Wildman–Crippen LogP) is 4.04. The van der Waals surface area contributed by atoms with E-state index in [9.17, 15) is 0 Å². The fourth-order valence-electron chi connectivity index (χ4n) is 9.09. The van der Waals surface area contributed by atoms with Crippen LogP contribution in [0.3, 0.4) is 0 Å². The van der Waals surface area contributed by atoms with E-state index in [0.29, 0.717) is 5.96 Å². The first kappa shape index (κ1) is 14.4. The van der Waals surface area contributed by atoms with Crippen LogP contribution in [-0.2, 0) is 0 Å². The molecule has 8 bridgehead atoms. The Morgan fingerprint density at radius 3 is 1.04 bits per heavy atom. The molecule has 0 spiro atoms. The van der Waals surface area contributed by atoms with Gasteiger partial charge in [-0.05, 0) is 113 Å². The summed E-state index contributed by atoms with van der Waals surface area (Å²) in [6, 6.07) is 0. The third-order valence-electron chi connectivity index (χ3n) is 8.86. The summed E-state index contributed by atoms with van der Waals surface area (Å²) in [5, 5.41) is 16.3. The van der Waals surface area contributed by atoms with E-state index in [-0.39, 0.29) is 11.1 Å². The summed E-state index contributed by atoms with van der Waals surface area (Å²) in [5.41, 5.74) is 0.558. The fraction of sp³-hybridized carbons (Fsp3) is 0.952. The second-order valence-corrected chi connectivity index (χ2v) is 11.0. The second kappa shape index (κ2) is 4.71. The minimum Gasteiger partial charge on any atom is -0.351 e. The summed E-state index contributed by atoms with van der Waals surface area (Å²) in [5.74, 6) is 6.41. The molecule has 0 atom stereocenters. The van der Waals surface area contributed by atoms with Gasteiger partial charge < -0.3 is 10.6 Å². The molecule has 8 rings (SSSR count). The average Bonchev–Trinajstić information content (AvgIpc) is 2.42. The Kier molecular flexibility index (Phi) is 2.83. The van der Waals surface area contributed by atoms with Gasteiger partial charge in [-0.25, -0.2) is 0 Å². The smallest absolute Gasteiger partial charge is 0.189 e. The quantitative estimate of drug-likeness (QED) is 0.529. The Balaban J connectivity index is 1.17. The maximum absolute atomic E-state index is 8.74. The van der Waals surface area contributed by atoms with E-state index in [1.165, 1.54) is 77.0 Å². The molecule has 8 aliphatic rings. The van der Waals surface area contributed by atoms with Crippen LogP contribution in [0.5, 0.6) is 0 Å². The topological polar surface area (TPSA) is 47.9 Å². The molecule has 0 saturated heterocycles. The third-order valence-corrected chi connectivity index (χ3v) is 8.86. The third kappa shape index (κ3) is 2.18. The minimum absolute atomic E-state index is 0.279. The normalized spacial score (nSPS) is 56.5. The maximum Gasteiger partial charge on any atom is 0.189 e. The van der Waals surface area contributed by atoms with Gasteiger partial charge in [0.2, 0.25) is 0 Å². The number of guanidine groups is 1. The number of rotatable bonds is 2. The van der Waals surface area contributed by atoms with E-state index in [2.05, 4.69) is 10.6 Å². The van der Waals surface area contributed by atoms with Crippen molar-refractivity contribution < 1.29 is 0 Å². The molecule has 132 valence electrons. The Morgan fingerprint density at radius 2 is 0.792 bits per heavy atom. The van der Waals surface area contributed by atoms with Crippen LogP contribution in [0.1, 0.15) is 77.0 Å². The molecule has 8 saturated carbocycles. The summed E-state index contributed by atoms with van der Waals surface area (Å²) in [6.07, 6.45) is 16.9. The van der Waals surface area contributed by atoms with Gasteiger partial charge in [-0.2, -0.15) is 0 Å². The molecule has 3 heteroatoms. The van der Waals surface area contributed by atoms with Crippen molar-refractivity contribution in [1.29, 1.82) is 5.41 Å². The molecule has 8 fully saturated rings. The lowest BCUT2D eigenvalue weighted by atomic mass is 9.52. The zero-order valence-corrected chi connectivity index (χ0v) is 14.9. The highest BCUT2D eigenvalue weighted by atomic mass is 15.2. The summed E-state index contributed by atoms with van der Waals surface area (Å²) in [4.78, 5) is 0. The van der Waals surface area contributed by atoms with Crippen LogP contribution in [0.15, 0.2) is 0 Å². The summed E-state index contributed by atoms with van der Waals surface area (Å²) in [7, 11) is 0. The molecule has 0 radical (unpaired) electrons. The van der Waals surface area contributed by atoms with Crippen molar-refractivity contribution in [3.05, 3.63) is 0 Å². The van der Waals surface area contributed by atoms with Gasteiger partial charge in [0.25, 0.3) is 0 Å². The molecule has 0 unspecified atom stereocenters. The minimum atomic E-state index is 0.279. The van der Waals surface area contributed by atoms with Crippen molar-refractivity contribution in [2.45, 2.75) is 88.1 Å². The van der Waals surface area contributed by atoms with Crippen molar-refractivity contribution in [2.24, 2.45) is 35.5 Å². The summed E-state index contributed by atoms with van der Waals surface area (Å²) in [6.45, 7) is 0. The van der Waals surface area contributed by atoms with Crippen LogP contribution >= 0.6 is 0 Å². The van der Waals surface area contributed by atoms with Crippen LogP contribution in [0, 0.1) is 40.9 Å². The standard InChI is InChI=1S/C21H33N3/c22-19(23-20-7-13-1-14(8-20)3-15(2-13)9-20)24-21-10-16-4-17(11-21)6-18(5-16)12-21/h13-18H,1-12H2,(H3,22,23,24). The van der Waals surface area contributed by atoms with Gasteiger partial charge >= 0.3 is 0 Å². The van der Waals surface area contributed by atoms with Gasteiger partial charge in [0.1, 0.15) is 0 Å². The van der Waals surface area contributed by atoms with Gasteiger partial charge in [-0.1, -0.05) is 0 Å². The highest BCUT2D eigenvalue weighted by Crippen LogP contribution is 2.57. The van der Waals surface area contributed by atoms with Crippen molar-refractivity contribution in [2.75, 3.05) is 0 Å². The summed E-state index contributed by atoms with van der Waals surface area (Å²) >= 11 is 0. The second-order valence-electron chi connectivity index (χ2n) is 11.0. The van der Waals surface area contributed by atoms with Crippen LogP contribution in [-0.4, -0.2) is 17.0 Å². The molecule has 0 aromatic heterocycles. The van der Waals surface area contributed by atoms with Gasteiger partial charge in [-0.15, -0.1) is 0 Å². The SMILES string of the molecule is N=C(NC12CC3CC(CC(C3)C1)C2)NC12CC3CC(CC(C3)C1)C2. The van der Waals surface area contributed by atoms with Gasteiger partial charge in [-0.3, -0.25) is 5.41 Å². The lowest BCUT2D eigenvalue weighted by Crippen LogP contribution is -2.66. The molecule has 8 aliphatic carbocycles. The van der Waals surface area contributed by atoms with Gasteiger partial charge in [0.05, 0.1) is 0 Å². The van der Waals surface area contributed by atoms with E-state index in [0.717, 1.165) is 35.5 Å². The van der Waals surface area contributed by atoms with Crippen molar-refractivity contribution in [3.63, 3.8) is 0 Å². The van der Waals surface area contributed by atoms with Crippen molar-refractivity contribution in [3.8, 4) is 0 Å². The van der Waals surface area contributed by atoms with Crippen molar-refractivity contribution in [1.82, 2.24) is 10.6 Å². The average molecular weight is 328 g/mol. The highest BCUT2D eigenvalue weighted by molar-refractivity contribution is 5.78. The van der Waals surface area contributed by atoms with Crippen LogP contribution in [0.2, 0.25) is 0 Å². The Labute approximate surface area is 146 Å². The molecule has 0 aromatic rings. The Bertz CT molecular complexity index is 447.